The molecule has 0 spiro atoms. The van der Waals surface area contributed by atoms with E-state index in [0.29, 0.717) is 11.5 Å². The summed E-state index contributed by atoms with van der Waals surface area (Å²) in [5.74, 6) is 0.669. The average molecular weight is 453 g/mol. The lowest BCUT2D eigenvalue weighted by atomic mass is 10.0. The molecule has 0 aromatic heterocycles. The Kier molecular flexibility index (Phi) is 13.4. The normalized spacial score (nSPS) is 10.5. The maximum Gasteiger partial charge on any atom is 0.419 e. The molecule has 1 N–H and O–H groups in total. The van der Waals surface area contributed by atoms with Crippen LogP contribution in [0.5, 0.6) is 5.75 Å². The van der Waals surface area contributed by atoms with Gasteiger partial charge in [0.1, 0.15) is 10.1 Å². The van der Waals surface area contributed by atoms with Crippen molar-refractivity contribution in [2.45, 2.75) is 72.6 Å². The van der Waals surface area contributed by atoms with Gasteiger partial charge in [0.15, 0.2) is 0 Å². The highest BCUT2D eigenvalue weighted by molar-refractivity contribution is 8.22. The monoisotopic (exact) mass is 452 g/mol. The molecule has 0 heterocycles. The fourth-order valence-electron chi connectivity index (χ4n) is 2.95. The Bertz CT molecular complexity index is 665. The highest BCUT2D eigenvalue weighted by Gasteiger charge is 2.13. The summed E-state index contributed by atoms with van der Waals surface area (Å²) in [6.45, 7) is 10.1. The van der Waals surface area contributed by atoms with Crippen molar-refractivity contribution in [1.82, 2.24) is 10.2 Å². The molecule has 1 rings (SSSR count). The number of thiocarbonyl (C=S) groups is 1. The molecule has 0 aliphatic rings. The van der Waals surface area contributed by atoms with Gasteiger partial charge in [0.05, 0.1) is 0 Å². The number of benzene rings is 1. The molecular weight excluding hydrogens is 416 g/mol. The van der Waals surface area contributed by atoms with Gasteiger partial charge in [-0.05, 0) is 62.8 Å². The molecule has 0 unspecified atom stereocenters. The van der Waals surface area contributed by atoms with Crippen molar-refractivity contribution < 1.29 is 14.3 Å². The van der Waals surface area contributed by atoms with E-state index in [-0.39, 0.29) is 12.3 Å². The zero-order valence-electron chi connectivity index (χ0n) is 18.8. The van der Waals surface area contributed by atoms with Crippen molar-refractivity contribution in [2.24, 2.45) is 0 Å². The van der Waals surface area contributed by atoms with E-state index in [4.69, 9.17) is 17.0 Å². The highest BCUT2D eigenvalue weighted by Crippen LogP contribution is 2.21. The molecular formula is C23H36N2O3S2. The Labute approximate surface area is 191 Å². The lowest BCUT2D eigenvalue weighted by Crippen LogP contribution is -2.33. The molecule has 168 valence electrons. The van der Waals surface area contributed by atoms with Crippen LogP contribution >= 0.6 is 24.0 Å². The number of unbranched alkanes of at least 4 members (excludes halogenated alkanes) is 2. The number of thioether (sulfide) groups is 1. The van der Waals surface area contributed by atoms with Gasteiger partial charge in [-0.15, -0.1) is 0 Å². The number of nitrogens with zero attached hydrogens (tertiary/aromatic N) is 1. The zero-order valence-corrected chi connectivity index (χ0v) is 20.4. The largest absolute Gasteiger partial charge is 0.419 e. The number of rotatable bonds is 12. The topological polar surface area (TPSA) is 58.6 Å². The second-order valence-electron chi connectivity index (χ2n) is 7.17. The van der Waals surface area contributed by atoms with Crippen molar-refractivity contribution in [3.05, 3.63) is 29.3 Å². The molecule has 2 amide bonds. The lowest BCUT2D eigenvalue weighted by molar-refractivity contribution is -0.119. The van der Waals surface area contributed by atoms with Crippen LogP contribution in [0.15, 0.2) is 18.2 Å². The van der Waals surface area contributed by atoms with Gasteiger partial charge >= 0.3 is 6.09 Å². The molecule has 0 fully saturated rings. The number of imide groups is 1. The molecule has 0 aliphatic heterocycles. The number of carbonyl (C=O) groups excluding carboxylic acids is 2. The van der Waals surface area contributed by atoms with E-state index in [9.17, 15) is 9.59 Å². The van der Waals surface area contributed by atoms with Gasteiger partial charge in [0, 0.05) is 25.3 Å². The van der Waals surface area contributed by atoms with Gasteiger partial charge in [-0.25, -0.2) is 4.79 Å². The maximum atomic E-state index is 12.2. The van der Waals surface area contributed by atoms with Crippen LogP contribution in [0.4, 0.5) is 4.79 Å². The first-order valence-corrected chi connectivity index (χ1v) is 12.4. The summed E-state index contributed by atoms with van der Waals surface area (Å²) in [7, 11) is 0. The third-order valence-corrected chi connectivity index (χ3v) is 6.22. The second kappa shape index (κ2) is 15.2. The minimum Gasteiger partial charge on any atom is -0.410 e. The lowest BCUT2D eigenvalue weighted by Gasteiger charge is -2.20. The number of amides is 2. The van der Waals surface area contributed by atoms with Crippen LogP contribution < -0.4 is 10.1 Å². The minimum absolute atomic E-state index is 0.208. The van der Waals surface area contributed by atoms with Crippen LogP contribution in [0, 0.1) is 0 Å². The van der Waals surface area contributed by atoms with Crippen LogP contribution in [0.1, 0.15) is 70.9 Å². The predicted octanol–water partition coefficient (Wildman–Crippen LogP) is 5.74. The van der Waals surface area contributed by atoms with Gasteiger partial charge in [-0.1, -0.05) is 56.7 Å². The summed E-state index contributed by atoms with van der Waals surface area (Å²) in [5, 5.41) is 2.31. The number of aryl methyl sites for hydroxylation is 2. The standard InChI is InChI=1S/C23H36N2O3S2/c1-5-9-11-18-15-19(12-10-6-2)17-20(16-18)28-22(27)24-21(26)13-14-30-23(29)25(7-3)8-4/h15-17H,5-14H2,1-4H3,(H,24,26,27). The Morgan fingerprint density at radius 2 is 1.57 bits per heavy atom. The van der Waals surface area contributed by atoms with Gasteiger partial charge < -0.3 is 9.64 Å². The number of hydrogen-bond acceptors (Lipinski definition) is 5. The van der Waals surface area contributed by atoms with Crippen LogP contribution in [0.2, 0.25) is 0 Å². The second-order valence-corrected chi connectivity index (χ2v) is 8.90. The van der Waals surface area contributed by atoms with E-state index in [1.807, 2.05) is 26.0 Å². The summed E-state index contributed by atoms with van der Waals surface area (Å²) in [6, 6.07) is 5.98. The molecule has 0 saturated carbocycles. The first-order chi connectivity index (χ1) is 14.4. The molecule has 30 heavy (non-hydrogen) atoms. The summed E-state index contributed by atoms with van der Waals surface area (Å²) in [6.07, 6.45) is 5.79. The molecule has 1 aromatic carbocycles. The SMILES string of the molecule is CCCCc1cc(CCCC)cc(OC(=O)NC(=O)CCSC(=S)N(CC)CC)c1. The molecule has 0 aliphatic carbocycles. The zero-order chi connectivity index (χ0) is 22.4. The smallest absolute Gasteiger partial charge is 0.410 e. The maximum absolute atomic E-state index is 12.2. The first kappa shape index (κ1) is 26.4. The number of carbonyl (C=O) groups is 2. The Hall–Kier alpha value is -1.60. The van der Waals surface area contributed by atoms with E-state index in [0.717, 1.165) is 55.9 Å². The van der Waals surface area contributed by atoms with Crippen molar-refractivity contribution >= 4 is 40.3 Å². The number of ether oxygens (including phenoxy) is 1. The van der Waals surface area contributed by atoms with Gasteiger partial charge in [-0.2, -0.15) is 0 Å². The molecule has 0 radical (unpaired) electrons. The first-order valence-electron chi connectivity index (χ1n) is 11.0. The molecule has 1 aromatic rings. The van der Waals surface area contributed by atoms with E-state index in [1.165, 1.54) is 22.9 Å². The molecule has 0 atom stereocenters. The van der Waals surface area contributed by atoms with Crippen LogP contribution in [0.3, 0.4) is 0 Å². The van der Waals surface area contributed by atoms with E-state index < -0.39 is 6.09 Å². The molecule has 0 saturated heterocycles. The summed E-state index contributed by atoms with van der Waals surface area (Å²) in [4.78, 5) is 26.3. The number of nitrogens with one attached hydrogen (secondary N) is 1. The van der Waals surface area contributed by atoms with Gasteiger partial charge in [-0.3, -0.25) is 10.1 Å². The van der Waals surface area contributed by atoms with Gasteiger partial charge in [0.2, 0.25) is 5.91 Å². The highest BCUT2D eigenvalue weighted by atomic mass is 32.2. The molecule has 7 heteroatoms. The minimum atomic E-state index is -0.731. The predicted molar refractivity (Wildman–Crippen MR) is 130 cm³/mol. The van der Waals surface area contributed by atoms with Crippen molar-refractivity contribution in [3.63, 3.8) is 0 Å². The summed E-state index contributed by atoms with van der Waals surface area (Å²) >= 11 is 6.81. The fourth-order valence-corrected chi connectivity index (χ4v) is 4.36. The van der Waals surface area contributed by atoms with Crippen molar-refractivity contribution in [1.29, 1.82) is 0 Å². The van der Waals surface area contributed by atoms with Crippen LogP contribution in [0.25, 0.3) is 0 Å². The fraction of sp³-hybridized carbons (Fsp3) is 0.609. The summed E-state index contributed by atoms with van der Waals surface area (Å²) < 4.78 is 6.19. The Morgan fingerprint density at radius 1 is 1.00 bits per heavy atom. The number of hydrogen-bond donors (Lipinski definition) is 1. The van der Waals surface area contributed by atoms with Crippen molar-refractivity contribution in [3.8, 4) is 5.75 Å². The van der Waals surface area contributed by atoms with Crippen LogP contribution in [-0.2, 0) is 17.6 Å². The third kappa shape index (κ3) is 10.4. The molecule has 5 nitrogen and oxygen atoms in total. The quantitative estimate of drug-likeness (QED) is 0.408. The van der Waals surface area contributed by atoms with E-state index in [1.54, 1.807) is 0 Å². The van der Waals surface area contributed by atoms with E-state index in [2.05, 4.69) is 30.1 Å². The Morgan fingerprint density at radius 3 is 2.07 bits per heavy atom. The molecule has 0 bridgehead atoms. The average Bonchev–Trinajstić information content (AvgIpc) is 2.71. The summed E-state index contributed by atoms with van der Waals surface area (Å²) in [5.41, 5.74) is 2.33. The van der Waals surface area contributed by atoms with Gasteiger partial charge in [0.25, 0.3) is 0 Å². The van der Waals surface area contributed by atoms with E-state index >= 15 is 0 Å². The van der Waals surface area contributed by atoms with Crippen molar-refractivity contribution in [2.75, 3.05) is 18.8 Å². The Balaban J connectivity index is 2.57. The third-order valence-electron chi connectivity index (χ3n) is 4.69. The van der Waals surface area contributed by atoms with Crippen LogP contribution in [-0.4, -0.2) is 40.1 Å².